The van der Waals surface area contributed by atoms with Crippen LogP contribution in [0.3, 0.4) is 0 Å². The first-order valence-electron chi connectivity index (χ1n) is 5.54. The van der Waals surface area contributed by atoms with E-state index in [2.05, 4.69) is 24.9 Å². The Morgan fingerprint density at radius 2 is 2.00 bits per heavy atom. The van der Waals surface area contributed by atoms with E-state index < -0.39 is 0 Å². The predicted octanol–water partition coefficient (Wildman–Crippen LogP) is 2.39. The summed E-state index contributed by atoms with van der Waals surface area (Å²) in [5.74, 6) is 0.787. The number of hydrogen-bond acceptors (Lipinski definition) is 2. The van der Waals surface area contributed by atoms with Crippen molar-refractivity contribution >= 4 is 18.5 Å². The van der Waals surface area contributed by atoms with Crippen molar-refractivity contribution in [2.24, 2.45) is 5.41 Å². The van der Waals surface area contributed by atoms with Gasteiger partial charge in [0.1, 0.15) is 0 Å². The Morgan fingerprint density at radius 1 is 1.36 bits per heavy atom. The van der Waals surface area contributed by atoms with Crippen LogP contribution in [-0.4, -0.2) is 18.2 Å². The number of thiol groups is 1. The van der Waals surface area contributed by atoms with E-state index in [1.807, 2.05) is 0 Å². The first kappa shape index (κ1) is 11.9. The van der Waals surface area contributed by atoms with Crippen LogP contribution < -0.4 is 5.32 Å². The van der Waals surface area contributed by atoms with Crippen molar-refractivity contribution in [2.75, 3.05) is 12.3 Å². The van der Waals surface area contributed by atoms with Gasteiger partial charge in [0.15, 0.2) is 0 Å². The number of carbonyl (C=O) groups is 1. The first-order valence-corrected chi connectivity index (χ1v) is 6.17. The molecule has 0 unspecified atom stereocenters. The van der Waals surface area contributed by atoms with E-state index in [1.54, 1.807) is 0 Å². The summed E-state index contributed by atoms with van der Waals surface area (Å²) in [6.45, 7) is 3.13. The fourth-order valence-corrected chi connectivity index (χ4v) is 2.29. The number of carbonyl (C=O) groups excluding carboxylic acids is 1. The Balaban J connectivity index is 2.24. The lowest BCUT2D eigenvalue weighted by Gasteiger charge is -2.33. The molecule has 0 bridgehead atoms. The van der Waals surface area contributed by atoms with Crippen molar-refractivity contribution in [3.05, 3.63) is 0 Å². The molecule has 2 nitrogen and oxygen atoms in total. The molecule has 1 rings (SSSR count). The molecule has 0 heterocycles. The summed E-state index contributed by atoms with van der Waals surface area (Å²) in [4.78, 5) is 11.3. The Bertz CT molecular complexity index is 188. The van der Waals surface area contributed by atoms with Crippen LogP contribution in [0.2, 0.25) is 0 Å². The zero-order valence-corrected chi connectivity index (χ0v) is 9.91. The van der Waals surface area contributed by atoms with Gasteiger partial charge in [-0.25, -0.2) is 0 Å². The maximum atomic E-state index is 11.3. The summed E-state index contributed by atoms with van der Waals surface area (Å²) in [7, 11) is 0. The summed E-state index contributed by atoms with van der Waals surface area (Å²) in [6, 6.07) is 0. The lowest BCUT2D eigenvalue weighted by molar-refractivity contribution is -0.121. The molecule has 0 radical (unpaired) electrons. The van der Waals surface area contributed by atoms with Gasteiger partial charge in [0.25, 0.3) is 0 Å². The van der Waals surface area contributed by atoms with Crippen LogP contribution in [-0.2, 0) is 4.79 Å². The average Bonchev–Trinajstić information content (AvgIpc) is 2.17. The highest BCUT2D eigenvalue weighted by atomic mass is 32.1. The van der Waals surface area contributed by atoms with Crippen LogP contribution in [0.4, 0.5) is 0 Å². The lowest BCUT2D eigenvalue weighted by Crippen LogP contribution is -2.37. The van der Waals surface area contributed by atoms with Gasteiger partial charge in [-0.1, -0.05) is 26.2 Å². The molecule has 82 valence electrons. The molecule has 0 saturated heterocycles. The summed E-state index contributed by atoms with van der Waals surface area (Å²) in [6.07, 6.45) is 7.06. The van der Waals surface area contributed by atoms with E-state index in [-0.39, 0.29) is 5.91 Å². The number of rotatable bonds is 4. The molecular weight excluding hydrogens is 194 g/mol. The summed E-state index contributed by atoms with van der Waals surface area (Å²) in [5.41, 5.74) is 0.352. The van der Waals surface area contributed by atoms with Crippen molar-refractivity contribution in [1.82, 2.24) is 5.32 Å². The van der Waals surface area contributed by atoms with Crippen LogP contribution >= 0.6 is 12.6 Å². The number of nitrogens with one attached hydrogen (secondary N) is 1. The molecule has 0 aromatic heterocycles. The largest absolute Gasteiger partial charge is 0.356 e. The standard InChI is InChI=1S/C11H21NOS/c1-11(6-3-2-4-7-11)9-12-10(13)5-8-14/h14H,2-9H2,1H3,(H,12,13). The third-order valence-electron chi connectivity index (χ3n) is 3.11. The van der Waals surface area contributed by atoms with Crippen molar-refractivity contribution in [3.63, 3.8) is 0 Å². The van der Waals surface area contributed by atoms with Crippen LogP contribution in [0.1, 0.15) is 45.4 Å². The monoisotopic (exact) mass is 215 g/mol. The molecular formula is C11H21NOS. The molecule has 0 aromatic rings. The van der Waals surface area contributed by atoms with Gasteiger partial charge in [0.05, 0.1) is 0 Å². The molecule has 1 N–H and O–H groups in total. The van der Waals surface area contributed by atoms with Crippen molar-refractivity contribution in [1.29, 1.82) is 0 Å². The minimum absolute atomic E-state index is 0.145. The van der Waals surface area contributed by atoms with E-state index in [1.165, 1.54) is 32.1 Å². The third-order valence-corrected chi connectivity index (χ3v) is 3.34. The molecule has 0 aromatic carbocycles. The molecule has 3 heteroatoms. The van der Waals surface area contributed by atoms with E-state index in [0.29, 0.717) is 17.6 Å². The van der Waals surface area contributed by atoms with Gasteiger partial charge in [0, 0.05) is 13.0 Å². The Morgan fingerprint density at radius 3 is 2.57 bits per heavy atom. The minimum atomic E-state index is 0.145. The second-order valence-corrected chi connectivity index (χ2v) is 5.07. The second-order valence-electron chi connectivity index (χ2n) is 4.62. The number of hydrogen-bond donors (Lipinski definition) is 2. The van der Waals surface area contributed by atoms with E-state index in [0.717, 1.165) is 6.54 Å². The molecule has 1 aliphatic carbocycles. The highest BCUT2D eigenvalue weighted by Crippen LogP contribution is 2.34. The average molecular weight is 215 g/mol. The molecule has 0 atom stereocenters. The SMILES string of the molecule is CC1(CNC(=O)CCS)CCCCC1. The molecule has 1 fully saturated rings. The minimum Gasteiger partial charge on any atom is -0.356 e. The van der Waals surface area contributed by atoms with Crippen molar-refractivity contribution < 1.29 is 4.79 Å². The van der Waals surface area contributed by atoms with E-state index >= 15 is 0 Å². The number of amides is 1. The van der Waals surface area contributed by atoms with Gasteiger partial charge in [-0.05, 0) is 24.0 Å². The normalized spacial score (nSPS) is 20.4. The van der Waals surface area contributed by atoms with Gasteiger partial charge in [0.2, 0.25) is 5.91 Å². The first-order chi connectivity index (χ1) is 6.66. The van der Waals surface area contributed by atoms with Crippen LogP contribution in [0.25, 0.3) is 0 Å². The fraction of sp³-hybridized carbons (Fsp3) is 0.909. The highest BCUT2D eigenvalue weighted by molar-refractivity contribution is 7.80. The van der Waals surface area contributed by atoms with Crippen molar-refractivity contribution in [3.8, 4) is 0 Å². The molecule has 1 aliphatic rings. The van der Waals surface area contributed by atoms with Crippen molar-refractivity contribution in [2.45, 2.75) is 45.4 Å². The van der Waals surface area contributed by atoms with E-state index in [4.69, 9.17) is 0 Å². The quantitative estimate of drug-likeness (QED) is 0.693. The Hall–Kier alpha value is -0.180. The van der Waals surface area contributed by atoms with Crippen LogP contribution in [0.5, 0.6) is 0 Å². The van der Waals surface area contributed by atoms with Gasteiger partial charge >= 0.3 is 0 Å². The molecule has 1 saturated carbocycles. The Labute approximate surface area is 92.2 Å². The van der Waals surface area contributed by atoms with Gasteiger partial charge in [-0.2, -0.15) is 12.6 Å². The summed E-state index contributed by atoms with van der Waals surface area (Å²) < 4.78 is 0. The molecule has 14 heavy (non-hydrogen) atoms. The third kappa shape index (κ3) is 3.91. The smallest absolute Gasteiger partial charge is 0.220 e. The van der Waals surface area contributed by atoms with Crippen LogP contribution in [0, 0.1) is 5.41 Å². The zero-order chi connectivity index (χ0) is 10.4. The van der Waals surface area contributed by atoms with Gasteiger partial charge < -0.3 is 5.32 Å². The van der Waals surface area contributed by atoms with Crippen LogP contribution in [0.15, 0.2) is 0 Å². The second kappa shape index (κ2) is 5.64. The molecule has 0 aliphatic heterocycles. The predicted molar refractivity (Wildman–Crippen MR) is 62.7 cm³/mol. The highest BCUT2D eigenvalue weighted by Gasteiger charge is 2.26. The van der Waals surface area contributed by atoms with Gasteiger partial charge in [-0.3, -0.25) is 4.79 Å². The summed E-state index contributed by atoms with van der Waals surface area (Å²) >= 11 is 4.04. The fourth-order valence-electron chi connectivity index (χ4n) is 2.08. The molecule has 0 spiro atoms. The van der Waals surface area contributed by atoms with E-state index in [9.17, 15) is 4.79 Å². The maximum absolute atomic E-state index is 11.3. The maximum Gasteiger partial charge on any atom is 0.220 e. The van der Waals surface area contributed by atoms with Gasteiger partial charge in [-0.15, -0.1) is 0 Å². The zero-order valence-electron chi connectivity index (χ0n) is 9.01. The molecule has 1 amide bonds. The lowest BCUT2D eigenvalue weighted by atomic mass is 9.76. The summed E-state index contributed by atoms with van der Waals surface area (Å²) in [5, 5.41) is 3.01. The Kier molecular flexibility index (Phi) is 4.79. The topological polar surface area (TPSA) is 29.1 Å².